The second-order valence-electron chi connectivity index (χ2n) is 4.67. The van der Waals surface area contributed by atoms with Crippen molar-refractivity contribution in [1.29, 1.82) is 0 Å². The van der Waals surface area contributed by atoms with Crippen molar-refractivity contribution in [2.45, 2.75) is 59.8 Å². The maximum Gasteiger partial charge on any atom is -0.0251 e. The van der Waals surface area contributed by atoms with Crippen LogP contribution >= 0.6 is 0 Å². The van der Waals surface area contributed by atoms with Gasteiger partial charge in [-0.2, -0.15) is 0 Å². The molecule has 0 aromatic rings. The first-order valence-corrected chi connectivity index (χ1v) is 5.67. The van der Waals surface area contributed by atoms with Gasteiger partial charge in [0.2, 0.25) is 0 Å². The lowest BCUT2D eigenvalue weighted by molar-refractivity contribution is 0.0331. The molecule has 1 rings (SSSR count). The van der Waals surface area contributed by atoms with Crippen LogP contribution in [-0.2, 0) is 0 Å². The van der Waals surface area contributed by atoms with Gasteiger partial charge in [0.05, 0.1) is 0 Å². The molecule has 1 fully saturated rings. The number of hydrogen-bond acceptors (Lipinski definition) is 0. The highest BCUT2D eigenvalue weighted by Gasteiger charge is 2.39. The van der Waals surface area contributed by atoms with Crippen LogP contribution in [0.5, 0.6) is 0 Å². The molecular weight excluding hydrogens is 144 g/mol. The van der Waals surface area contributed by atoms with E-state index in [9.17, 15) is 0 Å². The van der Waals surface area contributed by atoms with E-state index < -0.39 is 0 Å². The summed E-state index contributed by atoms with van der Waals surface area (Å²) in [4.78, 5) is 0. The van der Waals surface area contributed by atoms with Crippen LogP contribution < -0.4 is 0 Å². The third-order valence-corrected chi connectivity index (χ3v) is 4.55. The standard InChI is InChI=1S/C12H24/c1-5-12(6-2)10(3)8-7-9-11(12)4/h10-11H,5-9H2,1-4H3. The van der Waals surface area contributed by atoms with E-state index in [0.717, 1.165) is 11.8 Å². The summed E-state index contributed by atoms with van der Waals surface area (Å²) in [7, 11) is 0. The fraction of sp³-hybridized carbons (Fsp3) is 1.00. The Morgan fingerprint density at radius 2 is 1.42 bits per heavy atom. The molecule has 72 valence electrons. The van der Waals surface area contributed by atoms with Crippen molar-refractivity contribution in [3.8, 4) is 0 Å². The van der Waals surface area contributed by atoms with E-state index in [1.54, 1.807) is 0 Å². The summed E-state index contributed by atoms with van der Waals surface area (Å²) in [5.74, 6) is 1.91. The summed E-state index contributed by atoms with van der Waals surface area (Å²) in [5.41, 5.74) is 0.679. The van der Waals surface area contributed by atoms with Crippen molar-refractivity contribution < 1.29 is 0 Å². The minimum atomic E-state index is 0.679. The van der Waals surface area contributed by atoms with Gasteiger partial charge in [0.25, 0.3) is 0 Å². The lowest BCUT2D eigenvalue weighted by atomic mass is 9.58. The van der Waals surface area contributed by atoms with Gasteiger partial charge in [0.1, 0.15) is 0 Å². The second-order valence-corrected chi connectivity index (χ2v) is 4.67. The molecule has 0 amide bonds. The van der Waals surface area contributed by atoms with E-state index in [1.165, 1.54) is 32.1 Å². The zero-order chi connectivity index (χ0) is 9.19. The zero-order valence-corrected chi connectivity index (χ0v) is 9.19. The van der Waals surface area contributed by atoms with Gasteiger partial charge in [0, 0.05) is 0 Å². The summed E-state index contributed by atoms with van der Waals surface area (Å²) in [5, 5.41) is 0. The Bertz CT molecular complexity index is 121. The van der Waals surface area contributed by atoms with E-state index >= 15 is 0 Å². The topological polar surface area (TPSA) is 0 Å². The molecule has 1 aliphatic carbocycles. The highest BCUT2D eigenvalue weighted by Crippen LogP contribution is 2.49. The maximum absolute atomic E-state index is 2.46. The Kier molecular flexibility index (Phi) is 3.20. The molecule has 1 saturated carbocycles. The van der Waals surface area contributed by atoms with Crippen molar-refractivity contribution >= 4 is 0 Å². The highest BCUT2D eigenvalue weighted by atomic mass is 14.4. The first kappa shape index (κ1) is 10.1. The lowest BCUT2D eigenvalue weighted by Gasteiger charge is -2.47. The summed E-state index contributed by atoms with van der Waals surface area (Å²) in [6, 6.07) is 0. The van der Waals surface area contributed by atoms with Crippen molar-refractivity contribution in [2.24, 2.45) is 17.3 Å². The molecular formula is C12H24. The minimum Gasteiger partial charge on any atom is -0.0648 e. The predicted molar refractivity (Wildman–Crippen MR) is 55.2 cm³/mol. The number of rotatable bonds is 2. The SMILES string of the molecule is CCC1(CC)C(C)CCCC1C. The Labute approximate surface area is 77.7 Å². The zero-order valence-electron chi connectivity index (χ0n) is 9.19. The first-order chi connectivity index (χ1) is 5.67. The molecule has 0 heteroatoms. The average Bonchev–Trinajstić information content (AvgIpc) is 2.06. The molecule has 0 bridgehead atoms. The molecule has 12 heavy (non-hydrogen) atoms. The third kappa shape index (κ3) is 1.41. The third-order valence-electron chi connectivity index (χ3n) is 4.55. The first-order valence-electron chi connectivity index (χ1n) is 5.67. The van der Waals surface area contributed by atoms with E-state index in [1.807, 2.05) is 0 Å². The summed E-state index contributed by atoms with van der Waals surface area (Å²) in [6.45, 7) is 9.68. The molecule has 0 aromatic heterocycles. The summed E-state index contributed by atoms with van der Waals surface area (Å²) >= 11 is 0. The molecule has 0 radical (unpaired) electrons. The normalized spacial score (nSPS) is 35.0. The van der Waals surface area contributed by atoms with Crippen LogP contribution in [-0.4, -0.2) is 0 Å². The highest BCUT2D eigenvalue weighted by molar-refractivity contribution is 4.90. The largest absolute Gasteiger partial charge is 0.0648 e. The maximum atomic E-state index is 2.46. The molecule has 1 aliphatic rings. The fourth-order valence-corrected chi connectivity index (χ4v) is 3.43. The summed E-state index contributed by atoms with van der Waals surface area (Å²) < 4.78 is 0. The molecule has 0 spiro atoms. The Morgan fingerprint density at radius 1 is 1.00 bits per heavy atom. The molecule has 0 heterocycles. The molecule has 0 saturated heterocycles. The van der Waals surface area contributed by atoms with Gasteiger partial charge in [-0.1, -0.05) is 47.0 Å². The Hall–Kier alpha value is 0. The Balaban J connectivity index is 2.77. The van der Waals surface area contributed by atoms with Crippen molar-refractivity contribution in [1.82, 2.24) is 0 Å². The van der Waals surface area contributed by atoms with Crippen LogP contribution in [0.1, 0.15) is 59.8 Å². The van der Waals surface area contributed by atoms with Crippen LogP contribution in [0.4, 0.5) is 0 Å². The second kappa shape index (κ2) is 3.81. The van der Waals surface area contributed by atoms with Crippen molar-refractivity contribution in [3.05, 3.63) is 0 Å². The van der Waals surface area contributed by atoms with Crippen LogP contribution in [0.2, 0.25) is 0 Å². The van der Waals surface area contributed by atoms with Crippen LogP contribution in [0.15, 0.2) is 0 Å². The summed E-state index contributed by atoms with van der Waals surface area (Å²) in [6.07, 6.45) is 7.15. The van der Waals surface area contributed by atoms with Crippen LogP contribution in [0.3, 0.4) is 0 Å². The van der Waals surface area contributed by atoms with E-state index in [4.69, 9.17) is 0 Å². The average molecular weight is 168 g/mol. The molecule has 0 aromatic carbocycles. The quantitative estimate of drug-likeness (QED) is 0.578. The molecule has 0 nitrogen and oxygen atoms in total. The monoisotopic (exact) mass is 168 g/mol. The van der Waals surface area contributed by atoms with Gasteiger partial charge < -0.3 is 0 Å². The van der Waals surface area contributed by atoms with E-state index in [0.29, 0.717) is 5.41 Å². The van der Waals surface area contributed by atoms with Crippen molar-refractivity contribution in [3.63, 3.8) is 0 Å². The van der Waals surface area contributed by atoms with Gasteiger partial charge in [-0.15, -0.1) is 0 Å². The van der Waals surface area contributed by atoms with Crippen LogP contribution in [0.25, 0.3) is 0 Å². The molecule has 2 atom stereocenters. The van der Waals surface area contributed by atoms with Gasteiger partial charge in [-0.25, -0.2) is 0 Å². The fourth-order valence-electron chi connectivity index (χ4n) is 3.43. The molecule has 2 unspecified atom stereocenters. The van der Waals surface area contributed by atoms with E-state index in [-0.39, 0.29) is 0 Å². The van der Waals surface area contributed by atoms with Gasteiger partial charge >= 0.3 is 0 Å². The van der Waals surface area contributed by atoms with Crippen molar-refractivity contribution in [2.75, 3.05) is 0 Å². The van der Waals surface area contributed by atoms with Crippen LogP contribution in [0, 0.1) is 17.3 Å². The lowest BCUT2D eigenvalue weighted by Crippen LogP contribution is -2.37. The van der Waals surface area contributed by atoms with Gasteiger partial charge in [-0.3, -0.25) is 0 Å². The van der Waals surface area contributed by atoms with E-state index in [2.05, 4.69) is 27.7 Å². The minimum absolute atomic E-state index is 0.679. The number of hydrogen-bond donors (Lipinski definition) is 0. The predicted octanol–water partition coefficient (Wildman–Crippen LogP) is 4.25. The smallest absolute Gasteiger partial charge is 0.0251 e. The molecule has 0 N–H and O–H groups in total. The Morgan fingerprint density at radius 3 is 1.67 bits per heavy atom. The van der Waals surface area contributed by atoms with Gasteiger partial charge in [-0.05, 0) is 30.1 Å². The molecule has 0 aliphatic heterocycles. The van der Waals surface area contributed by atoms with Gasteiger partial charge in [0.15, 0.2) is 0 Å².